The first-order valence-electron chi connectivity index (χ1n) is 5.49. The number of rotatable bonds is 3. The lowest BCUT2D eigenvalue weighted by molar-refractivity contribution is 0.0691. The van der Waals surface area contributed by atoms with Crippen molar-refractivity contribution in [3.63, 3.8) is 0 Å². The topological polar surface area (TPSA) is 75.1 Å². The number of hydrogen-bond donors (Lipinski definition) is 2. The number of aromatic nitrogens is 2. The van der Waals surface area contributed by atoms with Crippen LogP contribution in [0.2, 0.25) is 0 Å². The van der Waals surface area contributed by atoms with Crippen molar-refractivity contribution < 1.29 is 9.90 Å². The van der Waals surface area contributed by atoms with Gasteiger partial charge in [0.15, 0.2) is 11.5 Å². The lowest BCUT2D eigenvalue weighted by atomic mass is 10.1. The van der Waals surface area contributed by atoms with Crippen LogP contribution in [0.3, 0.4) is 0 Å². The van der Waals surface area contributed by atoms with Gasteiger partial charge >= 0.3 is 5.97 Å². The minimum atomic E-state index is -1.04. The second-order valence-electron chi connectivity index (χ2n) is 4.22. The number of nitrogens with one attached hydrogen (secondary N) is 1. The highest BCUT2D eigenvalue weighted by Crippen LogP contribution is 2.27. The number of carboxylic acids is 1. The van der Waals surface area contributed by atoms with Crippen LogP contribution in [-0.4, -0.2) is 27.1 Å². The molecule has 0 bridgehead atoms. The molecule has 0 aliphatic heterocycles. The zero-order valence-electron chi connectivity index (χ0n) is 9.18. The van der Waals surface area contributed by atoms with E-state index in [9.17, 15) is 4.79 Å². The van der Waals surface area contributed by atoms with E-state index in [0.717, 1.165) is 6.42 Å². The van der Waals surface area contributed by atoms with Gasteiger partial charge in [-0.1, -0.05) is 13.3 Å². The van der Waals surface area contributed by atoms with E-state index in [1.54, 1.807) is 0 Å². The molecular formula is C11H15N3O2. The zero-order chi connectivity index (χ0) is 11.5. The molecule has 1 aliphatic rings. The Hall–Kier alpha value is -1.65. The standard InChI is InChI=1S/C11H15N3O2/c1-7-3-2-4-8(7)14-10-9(11(15)16)12-5-6-13-10/h5-8H,2-4H2,1H3,(H,13,14)(H,15,16). The minimum absolute atomic E-state index is 0.00148. The number of carbonyl (C=O) groups is 1. The van der Waals surface area contributed by atoms with Gasteiger partial charge in [0, 0.05) is 18.4 Å². The molecule has 0 spiro atoms. The first-order chi connectivity index (χ1) is 7.68. The fourth-order valence-electron chi connectivity index (χ4n) is 2.14. The predicted molar refractivity (Wildman–Crippen MR) is 59.4 cm³/mol. The molecule has 2 N–H and O–H groups in total. The van der Waals surface area contributed by atoms with Gasteiger partial charge in [0.25, 0.3) is 0 Å². The Bertz CT molecular complexity index is 395. The predicted octanol–water partition coefficient (Wildman–Crippen LogP) is 1.78. The van der Waals surface area contributed by atoms with E-state index in [1.807, 2.05) is 0 Å². The summed E-state index contributed by atoms with van der Waals surface area (Å²) in [4.78, 5) is 18.8. The number of nitrogens with zero attached hydrogens (tertiary/aromatic N) is 2. The van der Waals surface area contributed by atoms with E-state index < -0.39 is 5.97 Å². The van der Waals surface area contributed by atoms with Gasteiger partial charge in [-0.2, -0.15) is 0 Å². The number of aromatic carboxylic acids is 1. The summed E-state index contributed by atoms with van der Waals surface area (Å²) in [6.07, 6.45) is 6.33. The molecule has 2 rings (SSSR count). The maximum absolute atomic E-state index is 10.9. The summed E-state index contributed by atoms with van der Waals surface area (Å²) in [6.45, 7) is 2.17. The van der Waals surface area contributed by atoms with E-state index in [-0.39, 0.29) is 5.69 Å². The van der Waals surface area contributed by atoms with Crippen molar-refractivity contribution in [2.45, 2.75) is 32.2 Å². The van der Waals surface area contributed by atoms with Gasteiger partial charge in [-0.25, -0.2) is 14.8 Å². The van der Waals surface area contributed by atoms with E-state index in [4.69, 9.17) is 5.11 Å². The third-order valence-electron chi connectivity index (χ3n) is 3.08. The average molecular weight is 221 g/mol. The zero-order valence-corrected chi connectivity index (χ0v) is 9.18. The van der Waals surface area contributed by atoms with Crippen molar-refractivity contribution in [2.75, 3.05) is 5.32 Å². The lowest BCUT2D eigenvalue weighted by Crippen LogP contribution is -2.24. The normalized spacial score (nSPS) is 24.3. The molecule has 5 heteroatoms. The van der Waals surface area contributed by atoms with Gasteiger partial charge in [0.2, 0.25) is 0 Å². The molecule has 1 aromatic rings. The first-order valence-corrected chi connectivity index (χ1v) is 5.49. The molecular weight excluding hydrogens is 206 g/mol. The number of hydrogen-bond acceptors (Lipinski definition) is 4. The Labute approximate surface area is 93.9 Å². The Morgan fingerprint density at radius 1 is 1.44 bits per heavy atom. The van der Waals surface area contributed by atoms with Crippen LogP contribution in [-0.2, 0) is 0 Å². The molecule has 1 aliphatic carbocycles. The smallest absolute Gasteiger partial charge is 0.358 e. The second-order valence-corrected chi connectivity index (χ2v) is 4.22. The molecule has 0 radical (unpaired) electrons. The highest BCUT2D eigenvalue weighted by Gasteiger charge is 2.25. The average Bonchev–Trinajstić information content (AvgIpc) is 2.65. The van der Waals surface area contributed by atoms with Crippen LogP contribution in [0, 0.1) is 5.92 Å². The van der Waals surface area contributed by atoms with Crippen LogP contribution in [0.15, 0.2) is 12.4 Å². The van der Waals surface area contributed by atoms with E-state index in [2.05, 4.69) is 22.2 Å². The van der Waals surface area contributed by atoms with Gasteiger partial charge in [-0.3, -0.25) is 0 Å². The van der Waals surface area contributed by atoms with Crippen molar-refractivity contribution in [2.24, 2.45) is 5.92 Å². The molecule has 1 fully saturated rings. The van der Waals surface area contributed by atoms with Crippen LogP contribution in [0.25, 0.3) is 0 Å². The molecule has 1 heterocycles. The molecule has 2 atom stereocenters. The first kappa shape index (κ1) is 10.9. The van der Waals surface area contributed by atoms with Crippen LogP contribution >= 0.6 is 0 Å². The molecule has 0 aromatic carbocycles. The Kier molecular flexibility index (Phi) is 3.03. The van der Waals surface area contributed by atoms with Gasteiger partial charge in [0.1, 0.15) is 0 Å². The lowest BCUT2D eigenvalue weighted by Gasteiger charge is -2.18. The number of carboxylic acid groups (broad SMARTS) is 1. The fraction of sp³-hybridized carbons (Fsp3) is 0.545. The fourth-order valence-corrected chi connectivity index (χ4v) is 2.14. The van der Waals surface area contributed by atoms with E-state index >= 15 is 0 Å². The summed E-state index contributed by atoms with van der Waals surface area (Å²) >= 11 is 0. The maximum Gasteiger partial charge on any atom is 0.358 e. The third kappa shape index (κ3) is 2.13. The molecule has 2 unspecified atom stereocenters. The van der Waals surface area contributed by atoms with Gasteiger partial charge < -0.3 is 10.4 Å². The molecule has 0 amide bonds. The highest BCUT2D eigenvalue weighted by atomic mass is 16.4. The van der Waals surface area contributed by atoms with Crippen LogP contribution in [0.4, 0.5) is 5.82 Å². The van der Waals surface area contributed by atoms with Gasteiger partial charge in [-0.15, -0.1) is 0 Å². The van der Waals surface area contributed by atoms with Crippen LogP contribution < -0.4 is 5.32 Å². The Balaban J connectivity index is 2.17. The van der Waals surface area contributed by atoms with Crippen LogP contribution in [0.1, 0.15) is 36.7 Å². The maximum atomic E-state index is 10.9. The molecule has 0 saturated heterocycles. The summed E-state index contributed by atoms with van der Waals surface area (Å²) < 4.78 is 0. The van der Waals surface area contributed by atoms with Crippen molar-refractivity contribution >= 4 is 11.8 Å². The number of anilines is 1. The van der Waals surface area contributed by atoms with Gasteiger partial charge in [0.05, 0.1) is 0 Å². The quantitative estimate of drug-likeness (QED) is 0.813. The molecule has 5 nitrogen and oxygen atoms in total. The summed E-state index contributed by atoms with van der Waals surface area (Å²) in [5, 5.41) is 12.1. The third-order valence-corrected chi connectivity index (χ3v) is 3.08. The molecule has 1 saturated carbocycles. The van der Waals surface area contributed by atoms with Crippen molar-refractivity contribution in [3.8, 4) is 0 Å². The summed E-state index contributed by atoms with van der Waals surface area (Å²) in [6, 6.07) is 0.315. The molecule has 1 aromatic heterocycles. The largest absolute Gasteiger partial charge is 0.476 e. The van der Waals surface area contributed by atoms with Crippen molar-refractivity contribution in [3.05, 3.63) is 18.1 Å². The molecule has 16 heavy (non-hydrogen) atoms. The summed E-state index contributed by atoms with van der Waals surface area (Å²) in [5.41, 5.74) is 0.00148. The molecule has 86 valence electrons. The van der Waals surface area contributed by atoms with E-state index in [1.165, 1.54) is 25.2 Å². The van der Waals surface area contributed by atoms with E-state index in [0.29, 0.717) is 17.8 Å². The Morgan fingerprint density at radius 2 is 2.19 bits per heavy atom. The second kappa shape index (κ2) is 4.47. The summed E-state index contributed by atoms with van der Waals surface area (Å²) in [5.74, 6) is -0.0985. The minimum Gasteiger partial charge on any atom is -0.476 e. The van der Waals surface area contributed by atoms with Crippen molar-refractivity contribution in [1.82, 2.24) is 9.97 Å². The Morgan fingerprint density at radius 3 is 2.81 bits per heavy atom. The monoisotopic (exact) mass is 221 g/mol. The van der Waals surface area contributed by atoms with Gasteiger partial charge in [-0.05, 0) is 18.8 Å². The highest BCUT2D eigenvalue weighted by molar-refractivity contribution is 5.90. The summed E-state index contributed by atoms with van der Waals surface area (Å²) in [7, 11) is 0. The van der Waals surface area contributed by atoms with Crippen LogP contribution in [0.5, 0.6) is 0 Å². The van der Waals surface area contributed by atoms with Crippen molar-refractivity contribution in [1.29, 1.82) is 0 Å². The SMILES string of the molecule is CC1CCCC1Nc1nccnc1C(=O)O.